The summed E-state index contributed by atoms with van der Waals surface area (Å²) in [5, 5.41) is 0. The number of benzene rings is 2. The van der Waals surface area contributed by atoms with Crippen molar-refractivity contribution < 1.29 is 4.74 Å². The molecule has 1 aliphatic rings. The van der Waals surface area contributed by atoms with Crippen LogP contribution in [0.15, 0.2) is 85.1 Å². The predicted molar refractivity (Wildman–Crippen MR) is 121 cm³/mol. The van der Waals surface area contributed by atoms with E-state index in [9.17, 15) is 0 Å². The molecule has 0 amide bonds. The molecule has 1 saturated heterocycles. The van der Waals surface area contributed by atoms with E-state index >= 15 is 0 Å². The first-order valence-electron chi connectivity index (χ1n) is 10.9. The second kappa shape index (κ2) is 11.0. The molecule has 30 heavy (non-hydrogen) atoms. The van der Waals surface area contributed by atoms with Crippen molar-refractivity contribution in [2.45, 2.75) is 19.1 Å². The van der Waals surface area contributed by atoms with Gasteiger partial charge in [-0.25, -0.2) is 0 Å². The van der Waals surface area contributed by atoms with Crippen LogP contribution in [0.1, 0.15) is 29.3 Å². The minimum absolute atomic E-state index is 0.330. The summed E-state index contributed by atoms with van der Waals surface area (Å²) in [6, 6.07) is 28.1. The smallest absolute Gasteiger partial charge is 0.0887 e. The van der Waals surface area contributed by atoms with Crippen LogP contribution in [-0.4, -0.2) is 54.1 Å². The highest BCUT2D eigenvalue weighted by Crippen LogP contribution is 2.29. The third kappa shape index (κ3) is 5.76. The third-order valence-corrected chi connectivity index (χ3v) is 5.74. The Labute approximate surface area is 180 Å². The van der Waals surface area contributed by atoms with E-state index in [1.54, 1.807) is 0 Å². The van der Waals surface area contributed by atoms with E-state index in [4.69, 9.17) is 4.74 Å². The second-order valence-corrected chi connectivity index (χ2v) is 7.83. The number of nitrogens with zero attached hydrogens (tertiary/aromatic N) is 3. The Morgan fingerprint density at radius 1 is 0.767 bits per heavy atom. The van der Waals surface area contributed by atoms with Gasteiger partial charge in [-0.3, -0.25) is 9.88 Å². The fourth-order valence-corrected chi connectivity index (χ4v) is 4.18. The quantitative estimate of drug-likeness (QED) is 0.497. The van der Waals surface area contributed by atoms with Gasteiger partial charge in [-0.05, 0) is 29.7 Å². The van der Waals surface area contributed by atoms with E-state index in [1.807, 2.05) is 24.4 Å². The van der Waals surface area contributed by atoms with E-state index in [1.165, 1.54) is 11.1 Å². The van der Waals surface area contributed by atoms with Crippen molar-refractivity contribution in [2.75, 3.05) is 39.3 Å². The number of pyridine rings is 1. The van der Waals surface area contributed by atoms with Crippen LogP contribution in [0.2, 0.25) is 0 Å². The molecule has 0 unspecified atom stereocenters. The molecule has 3 aromatic rings. The number of hydrogen-bond donors (Lipinski definition) is 0. The van der Waals surface area contributed by atoms with E-state index in [-0.39, 0.29) is 0 Å². The first-order chi connectivity index (χ1) is 14.9. The zero-order chi connectivity index (χ0) is 20.4. The van der Waals surface area contributed by atoms with Crippen LogP contribution in [0, 0.1) is 0 Å². The molecule has 1 aromatic heterocycles. The lowest BCUT2D eigenvalue weighted by molar-refractivity contribution is 0.0823. The molecule has 0 saturated carbocycles. The molecule has 1 aliphatic heterocycles. The fourth-order valence-electron chi connectivity index (χ4n) is 4.18. The molecular formula is C26H31N3O. The van der Waals surface area contributed by atoms with Crippen LogP contribution >= 0.6 is 0 Å². The average Bonchev–Trinajstić information content (AvgIpc) is 2.82. The van der Waals surface area contributed by atoms with Gasteiger partial charge in [0.1, 0.15) is 0 Å². The standard InChI is InChI=1S/C26H31N3O/c1-3-10-23(11-4-1)26(24-12-5-2-6-13-24)29-19-17-28(18-20-29)16-9-21-30-22-25-14-7-8-15-27-25/h1-8,10-15,26H,9,16-22H2. The maximum Gasteiger partial charge on any atom is 0.0887 e. The number of hydrogen-bond acceptors (Lipinski definition) is 4. The van der Waals surface area contributed by atoms with Crippen LogP contribution < -0.4 is 0 Å². The summed E-state index contributed by atoms with van der Waals surface area (Å²) in [6.07, 6.45) is 2.88. The summed E-state index contributed by atoms with van der Waals surface area (Å²) >= 11 is 0. The number of rotatable bonds is 9. The van der Waals surface area contributed by atoms with Gasteiger partial charge in [-0.2, -0.15) is 0 Å². The summed E-state index contributed by atoms with van der Waals surface area (Å²) in [5.41, 5.74) is 3.75. The van der Waals surface area contributed by atoms with Gasteiger partial charge >= 0.3 is 0 Å². The van der Waals surface area contributed by atoms with E-state index in [0.717, 1.165) is 51.4 Å². The van der Waals surface area contributed by atoms with E-state index in [2.05, 4.69) is 75.4 Å². The van der Waals surface area contributed by atoms with Gasteiger partial charge in [0, 0.05) is 45.5 Å². The zero-order valence-corrected chi connectivity index (χ0v) is 17.6. The number of aromatic nitrogens is 1. The van der Waals surface area contributed by atoms with E-state index in [0.29, 0.717) is 12.6 Å². The average molecular weight is 402 g/mol. The fraction of sp³-hybridized carbons (Fsp3) is 0.346. The van der Waals surface area contributed by atoms with Crippen LogP contribution in [0.4, 0.5) is 0 Å². The van der Waals surface area contributed by atoms with Gasteiger partial charge in [0.15, 0.2) is 0 Å². The minimum Gasteiger partial charge on any atom is -0.375 e. The summed E-state index contributed by atoms with van der Waals surface area (Å²) in [5.74, 6) is 0. The number of piperazine rings is 1. The van der Waals surface area contributed by atoms with Crippen LogP contribution in [-0.2, 0) is 11.3 Å². The van der Waals surface area contributed by atoms with Crippen molar-refractivity contribution in [3.8, 4) is 0 Å². The van der Waals surface area contributed by atoms with Crippen molar-refractivity contribution in [1.29, 1.82) is 0 Å². The van der Waals surface area contributed by atoms with E-state index < -0.39 is 0 Å². The Hall–Kier alpha value is -2.53. The van der Waals surface area contributed by atoms with Gasteiger partial charge in [0.2, 0.25) is 0 Å². The normalized spacial score (nSPS) is 15.5. The Balaban J connectivity index is 1.25. The molecule has 4 rings (SSSR count). The molecule has 4 nitrogen and oxygen atoms in total. The highest BCUT2D eigenvalue weighted by Gasteiger charge is 2.26. The minimum atomic E-state index is 0.330. The Bertz CT molecular complexity index is 810. The maximum atomic E-state index is 5.79. The van der Waals surface area contributed by atoms with Crippen molar-refractivity contribution in [1.82, 2.24) is 14.8 Å². The molecular weight excluding hydrogens is 370 g/mol. The van der Waals surface area contributed by atoms with Crippen LogP contribution in [0.5, 0.6) is 0 Å². The Kier molecular flexibility index (Phi) is 7.62. The topological polar surface area (TPSA) is 28.6 Å². The second-order valence-electron chi connectivity index (χ2n) is 7.83. The molecule has 0 N–H and O–H groups in total. The van der Waals surface area contributed by atoms with Crippen molar-refractivity contribution in [2.24, 2.45) is 0 Å². The van der Waals surface area contributed by atoms with Gasteiger partial charge in [-0.15, -0.1) is 0 Å². The van der Waals surface area contributed by atoms with Gasteiger partial charge in [-0.1, -0.05) is 66.7 Å². The van der Waals surface area contributed by atoms with Gasteiger partial charge in [0.05, 0.1) is 18.3 Å². The van der Waals surface area contributed by atoms with Gasteiger partial charge < -0.3 is 9.64 Å². The lowest BCUT2D eigenvalue weighted by Crippen LogP contribution is -2.48. The van der Waals surface area contributed by atoms with Crippen molar-refractivity contribution in [3.05, 3.63) is 102 Å². The molecule has 0 atom stereocenters. The molecule has 0 bridgehead atoms. The molecule has 156 valence electrons. The largest absolute Gasteiger partial charge is 0.375 e. The summed E-state index contributed by atoms with van der Waals surface area (Å²) < 4.78 is 5.79. The molecule has 0 spiro atoms. The lowest BCUT2D eigenvalue weighted by Gasteiger charge is -2.39. The monoisotopic (exact) mass is 401 g/mol. The molecule has 4 heteroatoms. The molecule has 0 radical (unpaired) electrons. The number of ether oxygens (including phenoxy) is 1. The van der Waals surface area contributed by atoms with Crippen molar-refractivity contribution in [3.63, 3.8) is 0 Å². The molecule has 2 heterocycles. The third-order valence-electron chi connectivity index (χ3n) is 5.74. The first-order valence-corrected chi connectivity index (χ1v) is 10.9. The molecule has 1 fully saturated rings. The first kappa shape index (κ1) is 20.7. The lowest BCUT2D eigenvalue weighted by atomic mass is 9.96. The molecule has 2 aromatic carbocycles. The Morgan fingerprint density at radius 2 is 1.40 bits per heavy atom. The van der Waals surface area contributed by atoms with Crippen molar-refractivity contribution >= 4 is 0 Å². The predicted octanol–water partition coefficient (Wildman–Crippen LogP) is 4.40. The van der Waals surface area contributed by atoms with Gasteiger partial charge in [0.25, 0.3) is 0 Å². The summed E-state index contributed by atoms with van der Waals surface area (Å²) in [4.78, 5) is 9.49. The highest BCUT2D eigenvalue weighted by atomic mass is 16.5. The summed E-state index contributed by atoms with van der Waals surface area (Å²) in [7, 11) is 0. The Morgan fingerprint density at radius 3 is 2.00 bits per heavy atom. The molecule has 0 aliphatic carbocycles. The SMILES string of the molecule is c1ccc(C(c2ccccc2)N2CCN(CCCOCc3ccccn3)CC2)cc1. The van der Waals surface area contributed by atoms with Crippen LogP contribution in [0.3, 0.4) is 0 Å². The maximum absolute atomic E-state index is 5.79. The zero-order valence-electron chi connectivity index (χ0n) is 17.6. The summed E-state index contributed by atoms with van der Waals surface area (Å²) in [6.45, 7) is 6.87. The highest BCUT2D eigenvalue weighted by molar-refractivity contribution is 5.31. The van der Waals surface area contributed by atoms with Crippen LogP contribution in [0.25, 0.3) is 0 Å².